The second-order valence-corrected chi connectivity index (χ2v) is 5.10. The molecule has 0 saturated heterocycles. The SMILES string of the molecule is O=C(c1ccc(Cl)s1)c1occc1Br. The van der Waals surface area contributed by atoms with Crippen LogP contribution in [0.2, 0.25) is 4.34 Å². The van der Waals surface area contributed by atoms with Gasteiger partial charge < -0.3 is 4.42 Å². The molecule has 2 rings (SSSR count). The largest absolute Gasteiger partial charge is 0.460 e. The van der Waals surface area contributed by atoms with Crippen molar-refractivity contribution in [2.45, 2.75) is 0 Å². The third-order valence-corrected chi connectivity index (χ3v) is 3.47. The highest BCUT2D eigenvalue weighted by Crippen LogP contribution is 2.27. The molecule has 2 heterocycles. The van der Waals surface area contributed by atoms with E-state index in [9.17, 15) is 4.79 Å². The molecule has 5 heteroatoms. The smallest absolute Gasteiger partial charge is 0.239 e. The lowest BCUT2D eigenvalue weighted by atomic mass is 10.2. The van der Waals surface area contributed by atoms with Crippen LogP contribution in [0.3, 0.4) is 0 Å². The lowest BCUT2D eigenvalue weighted by Gasteiger charge is -1.92. The zero-order chi connectivity index (χ0) is 10.1. The molecular weight excluding hydrogens is 288 g/mol. The van der Waals surface area contributed by atoms with Crippen molar-refractivity contribution in [3.63, 3.8) is 0 Å². The van der Waals surface area contributed by atoms with Crippen LogP contribution in [0.25, 0.3) is 0 Å². The predicted octanol–water partition coefficient (Wildman–Crippen LogP) is 3.99. The number of hydrogen-bond donors (Lipinski definition) is 0. The Kier molecular flexibility index (Phi) is 2.76. The molecule has 0 bridgehead atoms. The highest BCUT2D eigenvalue weighted by molar-refractivity contribution is 9.10. The number of rotatable bonds is 2. The lowest BCUT2D eigenvalue weighted by molar-refractivity contribution is 0.101. The van der Waals surface area contributed by atoms with Gasteiger partial charge in [-0.1, -0.05) is 11.6 Å². The second-order valence-electron chi connectivity index (χ2n) is 2.53. The van der Waals surface area contributed by atoms with Crippen LogP contribution in [-0.4, -0.2) is 5.78 Å². The topological polar surface area (TPSA) is 30.2 Å². The van der Waals surface area contributed by atoms with E-state index in [0.29, 0.717) is 19.4 Å². The van der Waals surface area contributed by atoms with Crippen molar-refractivity contribution in [1.29, 1.82) is 0 Å². The van der Waals surface area contributed by atoms with Crippen molar-refractivity contribution < 1.29 is 9.21 Å². The van der Waals surface area contributed by atoms with E-state index >= 15 is 0 Å². The molecule has 14 heavy (non-hydrogen) atoms. The molecule has 0 aliphatic rings. The van der Waals surface area contributed by atoms with Crippen LogP contribution in [0, 0.1) is 0 Å². The van der Waals surface area contributed by atoms with Gasteiger partial charge in [0, 0.05) is 0 Å². The van der Waals surface area contributed by atoms with E-state index in [1.54, 1.807) is 18.2 Å². The molecule has 0 radical (unpaired) electrons. The summed E-state index contributed by atoms with van der Waals surface area (Å²) < 4.78 is 6.31. The number of thiophene rings is 1. The van der Waals surface area contributed by atoms with E-state index in [0.717, 1.165) is 0 Å². The summed E-state index contributed by atoms with van der Waals surface area (Å²) in [6, 6.07) is 5.06. The minimum atomic E-state index is -0.154. The zero-order valence-electron chi connectivity index (χ0n) is 6.79. The normalized spacial score (nSPS) is 10.4. The van der Waals surface area contributed by atoms with Crippen LogP contribution in [0.5, 0.6) is 0 Å². The Bertz CT molecular complexity index is 475. The molecule has 0 spiro atoms. The third kappa shape index (κ3) is 1.78. The minimum Gasteiger partial charge on any atom is -0.460 e. The Balaban J connectivity index is 2.38. The van der Waals surface area contributed by atoms with Gasteiger partial charge in [0.05, 0.1) is 19.9 Å². The van der Waals surface area contributed by atoms with Gasteiger partial charge in [0.15, 0.2) is 5.76 Å². The molecule has 0 N–H and O–H groups in total. The Labute approximate surface area is 97.6 Å². The van der Waals surface area contributed by atoms with Gasteiger partial charge >= 0.3 is 0 Å². The van der Waals surface area contributed by atoms with E-state index < -0.39 is 0 Å². The Morgan fingerprint density at radius 1 is 1.43 bits per heavy atom. The van der Waals surface area contributed by atoms with E-state index in [1.807, 2.05) is 0 Å². The third-order valence-electron chi connectivity index (χ3n) is 1.62. The molecule has 72 valence electrons. The molecule has 0 aromatic carbocycles. The van der Waals surface area contributed by atoms with Crippen molar-refractivity contribution in [2.24, 2.45) is 0 Å². The molecule has 0 aliphatic carbocycles. The molecule has 0 unspecified atom stereocenters. The van der Waals surface area contributed by atoms with Gasteiger partial charge in [0.1, 0.15) is 0 Å². The van der Waals surface area contributed by atoms with Crippen LogP contribution >= 0.6 is 38.9 Å². The Morgan fingerprint density at radius 3 is 2.71 bits per heavy atom. The average molecular weight is 292 g/mol. The van der Waals surface area contributed by atoms with Gasteiger partial charge in [-0.15, -0.1) is 11.3 Å². The number of carbonyl (C=O) groups is 1. The summed E-state index contributed by atoms with van der Waals surface area (Å²) in [5.41, 5.74) is 0. The van der Waals surface area contributed by atoms with E-state index in [2.05, 4.69) is 15.9 Å². The predicted molar refractivity (Wildman–Crippen MR) is 59.2 cm³/mol. The first-order chi connectivity index (χ1) is 6.68. The van der Waals surface area contributed by atoms with Gasteiger partial charge in [-0.25, -0.2) is 0 Å². The van der Waals surface area contributed by atoms with E-state index in [4.69, 9.17) is 16.0 Å². The first kappa shape index (κ1) is 9.96. The van der Waals surface area contributed by atoms with Gasteiger partial charge in [-0.3, -0.25) is 4.79 Å². The summed E-state index contributed by atoms with van der Waals surface area (Å²) in [4.78, 5) is 12.3. The standard InChI is InChI=1S/C9H4BrClO2S/c10-5-3-4-13-9(5)8(12)6-1-2-7(11)14-6/h1-4H. The van der Waals surface area contributed by atoms with Crippen LogP contribution in [0.15, 0.2) is 33.4 Å². The number of halogens is 2. The number of carbonyl (C=O) groups excluding carboxylic acids is 1. The fraction of sp³-hybridized carbons (Fsp3) is 0. The quantitative estimate of drug-likeness (QED) is 0.783. The molecule has 0 fully saturated rings. The molecule has 2 aromatic heterocycles. The average Bonchev–Trinajstić information content (AvgIpc) is 2.73. The van der Waals surface area contributed by atoms with Gasteiger partial charge in [0.25, 0.3) is 0 Å². The minimum absolute atomic E-state index is 0.154. The van der Waals surface area contributed by atoms with Crippen molar-refractivity contribution in [3.05, 3.63) is 43.9 Å². The maximum absolute atomic E-state index is 11.8. The molecule has 0 amide bonds. The summed E-state index contributed by atoms with van der Waals surface area (Å²) in [6.45, 7) is 0. The summed E-state index contributed by atoms with van der Waals surface area (Å²) in [5, 5.41) is 0. The highest BCUT2D eigenvalue weighted by Gasteiger charge is 2.17. The highest BCUT2D eigenvalue weighted by atomic mass is 79.9. The van der Waals surface area contributed by atoms with Gasteiger partial charge in [-0.05, 0) is 34.1 Å². The number of furan rings is 1. The van der Waals surface area contributed by atoms with Gasteiger partial charge in [0.2, 0.25) is 5.78 Å². The Hall–Kier alpha value is -0.580. The van der Waals surface area contributed by atoms with Crippen LogP contribution < -0.4 is 0 Å². The fourth-order valence-electron chi connectivity index (χ4n) is 1.00. The summed E-state index contributed by atoms with van der Waals surface area (Å²) in [6.07, 6.45) is 1.46. The molecular formula is C9H4BrClO2S. The first-order valence-corrected chi connectivity index (χ1v) is 5.70. The van der Waals surface area contributed by atoms with Crippen LogP contribution in [0.4, 0.5) is 0 Å². The van der Waals surface area contributed by atoms with Crippen molar-refractivity contribution >= 4 is 44.7 Å². The first-order valence-electron chi connectivity index (χ1n) is 3.71. The second kappa shape index (κ2) is 3.88. The van der Waals surface area contributed by atoms with Crippen molar-refractivity contribution in [3.8, 4) is 0 Å². The van der Waals surface area contributed by atoms with E-state index in [1.165, 1.54) is 17.6 Å². The van der Waals surface area contributed by atoms with E-state index in [-0.39, 0.29) is 5.78 Å². The maximum atomic E-state index is 11.8. The monoisotopic (exact) mass is 290 g/mol. The maximum Gasteiger partial charge on any atom is 0.239 e. The molecule has 0 saturated carbocycles. The molecule has 0 aliphatic heterocycles. The van der Waals surface area contributed by atoms with Crippen LogP contribution in [0.1, 0.15) is 15.4 Å². The summed E-state index contributed by atoms with van der Waals surface area (Å²) in [7, 11) is 0. The zero-order valence-corrected chi connectivity index (χ0v) is 9.95. The number of hydrogen-bond acceptors (Lipinski definition) is 3. The molecule has 2 aromatic rings. The Morgan fingerprint density at radius 2 is 2.21 bits per heavy atom. The lowest BCUT2D eigenvalue weighted by Crippen LogP contribution is -1.96. The molecule has 2 nitrogen and oxygen atoms in total. The summed E-state index contributed by atoms with van der Waals surface area (Å²) in [5.74, 6) is 0.155. The van der Waals surface area contributed by atoms with Gasteiger partial charge in [-0.2, -0.15) is 0 Å². The van der Waals surface area contributed by atoms with Crippen molar-refractivity contribution in [2.75, 3.05) is 0 Å². The number of ketones is 1. The summed E-state index contributed by atoms with van der Waals surface area (Å²) >= 11 is 10.2. The van der Waals surface area contributed by atoms with Crippen molar-refractivity contribution in [1.82, 2.24) is 0 Å². The fourth-order valence-corrected chi connectivity index (χ4v) is 2.37. The molecule has 0 atom stereocenters. The van der Waals surface area contributed by atoms with Crippen LogP contribution in [-0.2, 0) is 0 Å².